The van der Waals surface area contributed by atoms with Crippen molar-refractivity contribution in [1.29, 1.82) is 0 Å². The van der Waals surface area contributed by atoms with Gasteiger partial charge in [-0.05, 0) is 67.3 Å². The highest BCUT2D eigenvalue weighted by molar-refractivity contribution is 5.83. The van der Waals surface area contributed by atoms with Gasteiger partial charge in [-0.15, -0.1) is 5.10 Å². The lowest BCUT2D eigenvalue weighted by atomic mass is 10.0. The maximum absolute atomic E-state index is 12.9. The number of aromatic amines is 1. The van der Waals surface area contributed by atoms with E-state index in [4.69, 9.17) is 4.74 Å². The molecule has 9 nitrogen and oxygen atoms in total. The summed E-state index contributed by atoms with van der Waals surface area (Å²) in [6.07, 6.45) is 4.48. The van der Waals surface area contributed by atoms with Crippen LogP contribution in [-0.2, 0) is 29.2 Å². The van der Waals surface area contributed by atoms with Crippen LogP contribution < -0.4 is 5.56 Å². The van der Waals surface area contributed by atoms with Gasteiger partial charge < -0.3 is 9.72 Å². The predicted molar refractivity (Wildman–Crippen MR) is 120 cm³/mol. The molecule has 1 N–H and O–H groups in total. The lowest BCUT2D eigenvalue weighted by Crippen LogP contribution is -2.35. The second-order valence-electron chi connectivity index (χ2n) is 8.57. The summed E-state index contributed by atoms with van der Waals surface area (Å²) in [6.45, 7) is 7.11. The monoisotopic (exact) mass is 438 g/mol. The highest BCUT2D eigenvalue weighted by Gasteiger charge is 2.26. The highest BCUT2D eigenvalue weighted by Crippen LogP contribution is 2.26. The Morgan fingerprint density at radius 2 is 2.00 bits per heavy atom. The molecule has 1 fully saturated rings. The summed E-state index contributed by atoms with van der Waals surface area (Å²) in [6, 6.07) is 6.48. The van der Waals surface area contributed by atoms with Crippen molar-refractivity contribution in [3.63, 3.8) is 0 Å². The van der Waals surface area contributed by atoms with E-state index >= 15 is 0 Å². The number of benzene rings is 1. The molecule has 0 amide bonds. The number of rotatable bonds is 8. The molecule has 0 saturated heterocycles. The zero-order valence-electron chi connectivity index (χ0n) is 18.9. The summed E-state index contributed by atoms with van der Waals surface area (Å²) in [7, 11) is 0. The molecule has 3 aromatic rings. The molecule has 1 aliphatic carbocycles. The molecule has 0 spiro atoms. The average molecular weight is 439 g/mol. The Balaban J connectivity index is 1.62. The van der Waals surface area contributed by atoms with Crippen LogP contribution in [0.1, 0.15) is 55.1 Å². The van der Waals surface area contributed by atoms with Gasteiger partial charge in [-0.3, -0.25) is 14.5 Å². The molecule has 1 aliphatic rings. The van der Waals surface area contributed by atoms with Crippen LogP contribution in [0.3, 0.4) is 0 Å². The third-order valence-electron chi connectivity index (χ3n) is 6.14. The van der Waals surface area contributed by atoms with Crippen molar-refractivity contribution in [3.05, 3.63) is 51.1 Å². The van der Waals surface area contributed by atoms with Crippen LogP contribution in [-0.4, -0.2) is 48.7 Å². The Morgan fingerprint density at radius 3 is 2.75 bits per heavy atom. The van der Waals surface area contributed by atoms with Crippen molar-refractivity contribution >= 4 is 16.9 Å². The third kappa shape index (κ3) is 4.88. The first-order valence-corrected chi connectivity index (χ1v) is 11.2. The Hall–Kier alpha value is -3.07. The number of fused-ring (bicyclic) bond motifs is 1. The van der Waals surface area contributed by atoms with E-state index in [2.05, 4.69) is 38.4 Å². The largest absolute Gasteiger partial charge is 0.465 e. The third-order valence-corrected chi connectivity index (χ3v) is 6.14. The number of hydrogen-bond acceptors (Lipinski definition) is 7. The smallest absolute Gasteiger partial charge is 0.327 e. The molecule has 170 valence electrons. The van der Waals surface area contributed by atoms with Crippen LogP contribution in [0.15, 0.2) is 23.0 Å². The molecule has 1 saturated carbocycles. The van der Waals surface area contributed by atoms with E-state index in [0.29, 0.717) is 31.6 Å². The van der Waals surface area contributed by atoms with Crippen LogP contribution in [0.25, 0.3) is 10.9 Å². The molecule has 0 atom stereocenters. The lowest BCUT2D eigenvalue weighted by molar-refractivity contribution is -0.144. The average Bonchev–Trinajstić information content (AvgIpc) is 3.41. The number of nitrogens with one attached hydrogen (secondary N) is 1. The van der Waals surface area contributed by atoms with Gasteiger partial charge in [-0.2, -0.15) is 0 Å². The molecular formula is C23H30N6O3. The van der Waals surface area contributed by atoms with Crippen molar-refractivity contribution in [2.75, 3.05) is 6.61 Å². The number of carbonyl (C=O) groups is 1. The number of H-pyrrole nitrogens is 1. The van der Waals surface area contributed by atoms with Crippen LogP contribution in [0, 0.1) is 13.8 Å². The fourth-order valence-electron chi connectivity index (χ4n) is 4.61. The standard InChI is InChI=1S/C23H30N6O3/c1-4-32-22(30)14-29-21(25-26-27-29)13-28(18-7-5-6-8-18)12-17-11-19-16(3)9-15(2)10-20(19)24-23(17)31/h9-11,18H,4-8,12-14H2,1-3H3,(H,24,31). The SMILES string of the molecule is CCOC(=O)Cn1nnnc1CN(Cc1cc2c(C)cc(C)cc2[nH]c1=O)C1CCCC1. The van der Waals surface area contributed by atoms with Gasteiger partial charge in [0.15, 0.2) is 5.82 Å². The number of aryl methyl sites for hydroxylation is 2. The first-order valence-electron chi connectivity index (χ1n) is 11.2. The van der Waals surface area contributed by atoms with Gasteiger partial charge in [0.25, 0.3) is 5.56 Å². The Labute approximate surface area is 186 Å². The second kappa shape index (κ2) is 9.60. The summed E-state index contributed by atoms with van der Waals surface area (Å²) in [4.78, 5) is 30.1. The first kappa shape index (κ1) is 22.1. The molecule has 32 heavy (non-hydrogen) atoms. The summed E-state index contributed by atoms with van der Waals surface area (Å²) in [5.41, 5.74) is 3.78. The van der Waals surface area contributed by atoms with Gasteiger partial charge in [-0.1, -0.05) is 18.9 Å². The molecule has 2 heterocycles. The van der Waals surface area contributed by atoms with Gasteiger partial charge in [0.2, 0.25) is 0 Å². The van der Waals surface area contributed by atoms with Gasteiger partial charge >= 0.3 is 5.97 Å². The number of ether oxygens (including phenoxy) is 1. The van der Waals surface area contributed by atoms with E-state index in [0.717, 1.165) is 40.4 Å². The maximum atomic E-state index is 12.9. The van der Waals surface area contributed by atoms with E-state index in [1.54, 1.807) is 6.92 Å². The molecule has 0 unspecified atom stereocenters. The van der Waals surface area contributed by atoms with E-state index in [-0.39, 0.29) is 18.1 Å². The van der Waals surface area contributed by atoms with Gasteiger partial charge in [0.05, 0.1) is 13.2 Å². The van der Waals surface area contributed by atoms with E-state index in [9.17, 15) is 9.59 Å². The molecule has 1 aromatic carbocycles. The zero-order chi connectivity index (χ0) is 22.7. The van der Waals surface area contributed by atoms with Crippen LogP contribution in [0.4, 0.5) is 0 Å². The van der Waals surface area contributed by atoms with E-state index < -0.39 is 0 Å². The molecule has 4 rings (SSSR count). The quantitative estimate of drug-likeness (QED) is 0.539. The zero-order valence-corrected chi connectivity index (χ0v) is 18.9. The number of tetrazole rings is 1. The van der Waals surface area contributed by atoms with Crippen molar-refractivity contribution in [2.45, 2.75) is 72.1 Å². The Morgan fingerprint density at radius 1 is 1.22 bits per heavy atom. The predicted octanol–water partition coefficient (Wildman–Crippen LogP) is 2.64. The van der Waals surface area contributed by atoms with E-state index in [1.807, 2.05) is 19.1 Å². The van der Waals surface area contributed by atoms with Gasteiger partial charge in [0.1, 0.15) is 6.54 Å². The number of hydrogen-bond donors (Lipinski definition) is 1. The normalized spacial score (nSPS) is 14.5. The lowest BCUT2D eigenvalue weighted by Gasteiger charge is -2.28. The van der Waals surface area contributed by atoms with Crippen molar-refractivity contribution < 1.29 is 9.53 Å². The van der Waals surface area contributed by atoms with Crippen molar-refractivity contribution in [1.82, 2.24) is 30.1 Å². The van der Waals surface area contributed by atoms with Crippen molar-refractivity contribution in [3.8, 4) is 0 Å². The van der Waals surface area contributed by atoms with Gasteiger partial charge in [0, 0.05) is 29.1 Å². The minimum atomic E-state index is -0.370. The minimum Gasteiger partial charge on any atom is -0.465 e. The number of carbonyl (C=O) groups excluding carboxylic acids is 1. The summed E-state index contributed by atoms with van der Waals surface area (Å²) in [5, 5.41) is 12.9. The number of pyridine rings is 1. The first-order chi connectivity index (χ1) is 15.4. The van der Waals surface area contributed by atoms with Crippen LogP contribution in [0.5, 0.6) is 0 Å². The number of esters is 1. The molecule has 0 bridgehead atoms. The van der Waals surface area contributed by atoms with E-state index in [1.165, 1.54) is 17.5 Å². The molecule has 0 aliphatic heterocycles. The molecule has 2 aromatic heterocycles. The summed E-state index contributed by atoms with van der Waals surface area (Å²) < 4.78 is 6.52. The molecular weight excluding hydrogens is 408 g/mol. The maximum Gasteiger partial charge on any atom is 0.327 e. The van der Waals surface area contributed by atoms with Crippen molar-refractivity contribution in [2.24, 2.45) is 0 Å². The summed E-state index contributed by atoms with van der Waals surface area (Å²) >= 11 is 0. The highest BCUT2D eigenvalue weighted by atomic mass is 16.5. The Bertz CT molecular complexity index is 1160. The molecule has 0 radical (unpaired) electrons. The van der Waals surface area contributed by atoms with Gasteiger partial charge in [-0.25, -0.2) is 4.68 Å². The topological polar surface area (TPSA) is 106 Å². The Kier molecular flexibility index (Phi) is 6.64. The number of nitrogens with zero attached hydrogens (tertiary/aromatic N) is 5. The fraction of sp³-hybridized carbons (Fsp3) is 0.522. The molecule has 9 heteroatoms. The summed E-state index contributed by atoms with van der Waals surface area (Å²) in [5.74, 6) is 0.221. The minimum absolute atomic E-state index is 0.0240. The second-order valence-corrected chi connectivity index (χ2v) is 8.57. The van der Waals surface area contributed by atoms with Crippen LogP contribution in [0.2, 0.25) is 0 Å². The fourth-order valence-corrected chi connectivity index (χ4v) is 4.61. The van der Waals surface area contributed by atoms with Crippen LogP contribution >= 0.6 is 0 Å². The number of aromatic nitrogens is 5.